The number of hydrogen-bond acceptors (Lipinski definition) is 6. The van der Waals surface area contributed by atoms with Crippen LogP contribution in [0.4, 0.5) is 0 Å². The predicted molar refractivity (Wildman–Crippen MR) is 98.6 cm³/mol. The van der Waals surface area contributed by atoms with E-state index in [4.69, 9.17) is 20.1 Å². The van der Waals surface area contributed by atoms with E-state index >= 15 is 0 Å². The van der Waals surface area contributed by atoms with Crippen LogP contribution in [0.2, 0.25) is 0 Å². The van der Waals surface area contributed by atoms with Gasteiger partial charge in [-0.25, -0.2) is 0 Å². The van der Waals surface area contributed by atoms with E-state index in [-0.39, 0.29) is 80.1 Å². The quantitative estimate of drug-likeness (QED) is 0.585. The first-order chi connectivity index (χ1) is 5.85. The summed E-state index contributed by atoms with van der Waals surface area (Å²) in [6, 6.07) is 0. The summed E-state index contributed by atoms with van der Waals surface area (Å²) in [6.07, 6.45) is -0.478. The molecule has 0 amide bonds. The van der Waals surface area contributed by atoms with E-state index in [0.717, 1.165) is 0 Å². The molecule has 0 fully saturated rings. The van der Waals surface area contributed by atoms with E-state index in [0.29, 0.717) is 0 Å². The van der Waals surface area contributed by atoms with Gasteiger partial charge >= 0.3 is 0 Å². The standard InChI is InChI=1S/C6H14O6.9CH4/c7-3-10-1-6(12-5-9)2-11-4-8;;;;;;;;;/h6-9H,1-5H2;9*1H4. The van der Waals surface area contributed by atoms with Crippen molar-refractivity contribution in [1.82, 2.24) is 0 Å². The smallest absolute Gasteiger partial charge is 0.144 e. The Kier molecular flexibility index (Phi) is 200. The van der Waals surface area contributed by atoms with E-state index in [1.807, 2.05) is 0 Å². The van der Waals surface area contributed by atoms with Gasteiger partial charge in [0.25, 0.3) is 0 Å². The second kappa shape index (κ2) is 60.1. The summed E-state index contributed by atoms with van der Waals surface area (Å²) >= 11 is 0. The summed E-state index contributed by atoms with van der Waals surface area (Å²) < 4.78 is 13.9. The molecule has 0 spiro atoms. The molecule has 0 aromatic carbocycles. The van der Waals surface area contributed by atoms with E-state index < -0.39 is 26.5 Å². The minimum absolute atomic E-state index is 0. The Hall–Kier alpha value is -0.240. The van der Waals surface area contributed by atoms with Crippen molar-refractivity contribution >= 4 is 0 Å². The first-order valence-electron chi connectivity index (χ1n) is 3.44. The highest BCUT2D eigenvalue weighted by molar-refractivity contribution is 4.52. The molecule has 146 valence electrons. The van der Waals surface area contributed by atoms with Crippen molar-refractivity contribution in [2.45, 2.75) is 72.9 Å². The maximum absolute atomic E-state index is 8.38. The number of ether oxygens (including phenoxy) is 3. The van der Waals surface area contributed by atoms with Gasteiger partial charge in [-0.15, -0.1) is 0 Å². The van der Waals surface area contributed by atoms with Crippen molar-refractivity contribution in [2.75, 3.05) is 33.6 Å². The maximum atomic E-state index is 8.38. The maximum Gasteiger partial charge on any atom is 0.144 e. The third-order valence-corrected chi connectivity index (χ3v) is 1.10. The van der Waals surface area contributed by atoms with E-state index in [1.165, 1.54) is 0 Å². The van der Waals surface area contributed by atoms with Crippen molar-refractivity contribution < 1.29 is 29.5 Å². The average molecular weight is 327 g/mol. The lowest BCUT2D eigenvalue weighted by molar-refractivity contribution is -0.137. The Morgan fingerprint density at radius 1 is 0.524 bits per heavy atom. The summed E-state index contributed by atoms with van der Waals surface area (Å²) in [5.41, 5.74) is 0. The van der Waals surface area contributed by atoms with Gasteiger partial charge in [0, 0.05) is 0 Å². The molecule has 0 radical (unpaired) electrons. The summed E-state index contributed by atoms with van der Waals surface area (Å²) in [7, 11) is 0. The molecule has 3 N–H and O–H groups in total. The van der Waals surface area contributed by atoms with Crippen LogP contribution in [0.15, 0.2) is 0 Å². The topological polar surface area (TPSA) is 88.4 Å². The average Bonchev–Trinajstić information content (AvgIpc) is 2.10. The van der Waals surface area contributed by atoms with Gasteiger partial charge in [-0.2, -0.15) is 0 Å². The second-order valence-corrected chi connectivity index (χ2v) is 1.92. The van der Waals surface area contributed by atoms with Crippen molar-refractivity contribution in [3.8, 4) is 0 Å². The first kappa shape index (κ1) is 70.0. The van der Waals surface area contributed by atoms with Crippen LogP contribution in [0.1, 0.15) is 66.8 Å². The molecule has 0 unspecified atom stereocenters. The monoisotopic (exact) mass is 326 g/mol. The van der Waals surface area contributed by atoms with Crippen molar-refractivity contribution in [1.29, 1.82) is 0 Å². The van der Waals surface area contributed by atoms with Gasteiger partial charge in [-0.1, -0.05) is 66.8 Å². The van der Waals surface area contributed by atoms with E-state index in [2.05, 4.69) is 9.47 Å². The molecule has 0 saturated heterocycles. The lowest BCUT2D eigenvalue weighted by Crippen LogP contribution is -2.26. The molecular formula is C15H50O6. The molecule has 0 aliphatic carbocycles. The lowest BCUT2D eigenvalue weighted by Gasteiger charge is -2.14. The highest BCUT2D eigenvalue weighted by Gasteiger charge is 2.08. The van der Waals surface area contributed by atoms with Crippen LogP contribution in [0, 0.1) is 0 Å². The van der Waals surface area contributed by atoms with Gasteiger partial charge < -0.3 is 29.5 Å². The van der Waals surface area contributed by atoms with Crippen LogP contribution in [-0.2, 0) is 14.2 Å². The van der Waals surface area contributed by atoms with Crippen LogP contribution < -0.4 is 0 Å². The molecule has 0 atom stereocenters. The Morgan fingerprint density at radius 3 is 1.00 bits per heavy atom. The van der Waals surface area contributed by atoms with E-state index in [1.54, 1.807) is 0 Å². The van der Waals surface area contributed by atoms with Crippen LogP contribution >= 0.6 is 0 Å². The lowest BCUT2D eigenvalue weighted by atomic mass is 10.4. The zero-order valence-electron chi connectivity index (χ0n) is 6.68. The Morgan fingerprint density at radius 2 is 0.810 bits per heavy atom. The SMILES string of the molecule is C.C.C.C.C.C.C.C.C.OCOCC(COCO)OCO. The van der Waals surface area contributed by atoms with Gasteiger partial charge in [0.1, 0.15) is 26.5 Å². The zero-order valence-corrected chi connectivity index (χ0v) is 6.68. The van der Waals surface area contributed by atoms with Crippen molar-refractivity contribution in [3.05, 3.63) is 0 Å². The molecule has 0 aliphatic rings. The van der Waals surface area contributed by atoms with Crippen molar-refractivity contribution in [2.24, 2.45) is 0 Å². The Bertz CT molecular complexity index is 86.2. The minimum Gasteiger partial charge on any atom is -0.371 e. The first-order valence-corrected chi connectivity index (χ1v) is 3.44. The van der Waals surface area contributed by atoms with Gasteiger partial charge in [0.15, 0.2) is 0 Å². The number of aliphatic hydroxyl groups is 3. The largest absolute Gasteiger partial charge is 0.371 e. The van der Waals surface area contributed by atoms with Crippen molar-refractivity contribution in [3.63, 3.8) is 0 Å². The third kappa shape index (κ3) is 53.8. The molecule has 0 aromatic rings. The molecule has 0 aliphatic heterocycles. The summed E-state index contributed by atoms with van der Waals surface area (Å²) in [5, 5.41) is 24.9. The zero-order chi connectivity index (χ0) is 9.23. The third-order valence-electron chi connectivity index (χ3n) is 1.10. The molecule has 6 nitrogen and oxygen atoms in total. The highest BCUT2D eigenvalue weighted by Crippen LogP contribution is 1.93. The normalized spacial score (nSPS) is 6.29. The Labute approximate surface area is 137 Å². The predicted octanol–water partition coefficient (Wildman–Crippen LogP) is 3.98. The Balaban J connectivity index is -0.0000000168. The molecule has 6 heteroatoms. The summed E-state index contributed by atoms with van der Waals surface area (Å²) in [5.74, 6) is 0. The fourth-order valence-electron chi connectivity index (χ4n) is 0.618. The van der Waals surface area contributed by atoms with E-state index in [9.17, 15) is 0 Å². The number of rotatable bonds is 8. The van der Waals surface area contributed by atoms with Gasteiger partial charge in [0.2, 0.25) is 0 Å². The fraction of sp³-hybridized carbons (Fsp3) is 1.00. The number of hydrogen-bond donors (Lipinski definition) is 3. The molecule has 0 aromatic heterocycles. The molecule has 21 heavy (non-hydrogen) atoms. The summed E-state index contributed by atoms with van der Waals surface area (Å²) in [6.45, 7) is -1.06. The number of aliphatic hydroxyl groups excluding tert-OH is 3. The molecular weight excluding hydrogens is 276 g/mol. The molecule has 0 heterocycles. The van der Waals surface area contributed by atoms with Crippen LogP contribution in [0.5, 0.6) is 0 Å². The molecule has 0 rings (SSSR count). The fourth-order valence-corrected chi connectivity index (χ4v) is 0.618. The second-order valence-electron chi connectivity index (χ2n) is 1.92. The van der Waals surface area contributed by atoms with Gasteiger partial charge in [0.05, 0.1) is 13.2 Å². The highest BCUT2D eigenvalue weighted by atomic mass is 16.6. The van der Waals surface area contributed by atoms with Crippen LogP contribution in [0.25, 0.3) is 0 Å². The minimum atomic E-state index is -0.478. The molecule has 0 saturated carbocycles. The van der Waals surface area contributed by atoms with Gasteiger partial charge in [-0.05, 0) is 0 Å². The van der Waals surface area contributed by atoms with Crippen LogP contribution in [-0.4, -0.2) is 55.0 Å². The van der Waals surface area contributed by atoms with Crippen LogP contribution in [0.3, 0.4) is 0 Å². The summed E-state index contributed by atoms with van der Waals surface area (Å²) in [4.78, 5) is 0. The van der Waals surface area contributed by atoms with Gasteiger partial charge in [-0.3, -0.25) is 0 Å². The molecule has 0 bridgehead atoms.